The van der Waals surface area contributed by atoms with E-state index >= 15 is 0 Å². The average molecular weight is 485 g/mol. The van der Waals surface area contributed by atoms with Crippen LogP contribution in [0, 0.1) is 5.92 Å². The molecule has 1 amide bonds. The van der Waals surface area contributed by atoms with Crippen molar-refractivity contribution in [2.45, 2.75) is 60.4 Å². The Morgan fingerprint density at radius 1 is 1.23 bits per heavy atom. The summed E-state index contributed by atoms with van der Waals surface area (Å²) in [5.41, 5.74) is 4.32. The summed E-state index contributed by atoms with van der Waals surface area (Å²) < 4.78 is 11.4. The van der Waals surface area contributed by atoms with Crippen molar-refractivity contribution < 1.29 is 19.4 Å². The molecule has 0 aromatic heterocycles. The van der Waals surface area contributed by atoms with Crippen LogP contribution in [0.15, 0.2) is 58.9 Å². The summed E-state index contributed by atoms with van der Waals surface area (Å²) in [4.78, 5) is 15.0. The van der Waals surface area contributed by atoms with Crippen LogP contribution in [0.5, 0.6) is 5.75 Å². The summed E-state index contributed by atoms with van der Waals surface area (Å²) in [6, 6.07) is 7.60. The van der Waals surface area contributed by atoms with Crippen molar-refractivity contribution in [3.63, 3.8) is 0 Å². The SMILES string of the molecule is C\C=C/C(=C(C)\C(C)=C(/C)OCCCCO)C(C)N1CC(CNC(=O)c2cccc(OCC)c2)C1. The molecule has 6 nitrogen and oxygen atoms in total. The second kappa shape index (κ2) is 14.7. The number of aliphatic hydroxyl groups is 1. The molecule has 0 radical (unpaired) electrons. The molecular weight excluding hydrogens is 440 g/mol. The van der Waals surface area contributed by atoms with E-state index < -0.39 is 0 Å². The molecule has 1 atom stereocenters. The maximum absolute atomic E-state index is 12.6. The largest absolute Gasteiger partial charge is 0.498 e. The molecular formula is C29H44N2O4. The van der Waals surface area contributed by atoms with Crippen molar-refractivity contribution >= 4 is 5.91 Å². The minimum atomic E-state index is -0.0568. The van der Waals surface area contributed by atoms with Gasteiger partial charge in [-0.2, -0.15) is 0 Å². The van der Waals surface area contributed by atoms with Crippen molar-refractivity contribution in [1.82, 2.24) is 10.2 Å². The van der Waals surface area contributed by atoms with Gasteiger partial charge in [-0.25, -0.2) is 0 Å². The molecule has 1 heterocycles. The third kappa shape index (κ3) is 8.55. The van der Waals surface area contributed by atoms with E-state index in [0.717, 1.165) is 43.0 Å². The van der Waals surface area contributed by atoms with E-state index in [2.05, 4.69) is 43.1 Å². The predicted octanol–water partition coefficient (Wildman–Crippen LogP) is 5.11. The van der Waals surface area contributed by atoms with Gasteiger partial charge in [0.1, 0.15) is 5.75 Å². The number of unbranched alkanes of at least 4 members (excludes halogenated alkanes) is 1. The van der Waals surface area contributed by atoms with Crippen LogP contribution in [0.4, 0.5) is 0 Å². The number of allylic oxidation sites excluding steroid dienone is 4. The Kier molecular flexibility index (Phi) is 12.1. The number of hydrogen-bond acceptors (Lipinski definition) is 5. The molecule has 1 aromatic carbocycles. The number of aliphatic hydroxyl groups excluding tert-OH is 1. The van der Waals surface area contributed by atoms with E-state index in [1.807, 2.05) is 39.0 Å². The first kappa shape index (κ1) is 28.7. The highest BCUT2D eigenvalue weighted by atomic mass is 16.5. The van der Waals surface area contributed by atoms with Crippen LogP contribution >= 0.6 is 0 Å². The molecule has 0 bridgehead atoms. The number of likely N-dealkylation sites (tertiary alicyclic amines) is 1. The van der Waals surface area contributed by atoms with E-state index in [1.54, 1.807) is 6.07 Å². The number of nitrogens with one attached hydrogen (secondary N) is 1. The summed E-state index contributed by atoms with van der Waals surface area (Å²) in [6.45, 7) is 16.5. The number of rotatable bonds is 14. The third-order valence-electron chi connectivity index (χ3n) is 6.68. The summed E-state index contributed by atoms with van der Waals surface area (Å²) in [7, 11) is 0. The highest BCUT2D eigenvalue weighted by Crippen LogP contribution is 2.28. The van der Waals surface area contributed by atoms with Crippen molar-refractivity contribution in [3.8, 4) is 5.75 Å². The van der Waals surface area contributed by atoms with E-state index in [4.69, 9.17) is 14.6 Å². The fourth-order valence-corrected chi connectivity index (χ4v) is 4.27. The number of nitrogens with zero attached hydrogens (tertiary/aromatic N) is 1. The Bertz CT molecular complexity index is 913. The Balaban J connectivity index is 1.93. The molecule has 0 saturated carbocycles. The highest BCUT2D eigenvalue weighted by Gasteiger charge is 2.32. The zero-order valence-corrected chi connectivity index (χ0v) is 22.4. The van der Waals surface area contributed by atoms with Gasteiger partial charge in [0.05, 0.1) is 19.0 Å². The second-order valence-electron chi connectivity index (χ2n) is 9.21. The van der Waals surface area contributed by atoms with Gasteiger partial charge in [-0.3, -0.25) is 9.69 Å². The predicted molar refractivity (Wildman–Crippen MR) is 143 cm³/mol. The van der Waals surface area contributed by atoms with E-state index in [-0.39, 0.29) is 18.6 Å². The molecule has 6 heteroatoms. The first-order valence-electron chi connectivity index (χ1n) is 12.8. The lowest BCUT2D eigenvalue weighted by Crippen LogP contribution is -2.55. The Morgan fingerprint density at radius 3 is 2.63 bits per heavy atom. The molecule has 1 fully saturated rings. The lowest BCUT2D eigenvalue weighted by Gasteiger charge is -2.44. The number of carbonyl (C=O) groups excluding carboxylic acids is 1. The number of hydrogen-bond donors (Lipinski definition) is 2. The van der Waals surface area contributed by atoms with Crippen molar-refractivity contribution in [2.75, 3.05) is 39.5 Å². The normalized spacial score (nSPS) is 16.9. The summed E-state index contributed by atoms with van der Waals surface area (Å²) in [6.07, 6.45) is 5.90. The van der Waals surface area contributed by atoms with E-state index in [1.165, 1.54) is 11.1 Å². The summed E-state index contributed by atoms with van der Waals surface area (Å²) >= 11 is 0. The van der Waals surface area contributed by atoms with Crippen LogP contribution in [0.25, 0.3) is 0 Å². The van der Waals surface area contributed by atoms with Crippen LogP contribution in [-0.2, 0) is 4.74 Å². The lowest BCUT2D eigenvalue weighted by atomic mass is 9.90. The summed E-state index contributed by atoms with van der Waals surface area (Å²) in [5, 5.41) is 12.0. The van der Waals surface area contributed by atoms with Crippen LogP contribution in [0.2, 0.25) is 0 Å². The highest BCUT2D eigenvalue weighted by molar-refractivity contribution is 5.94. The monoisotopic (exact) mass is 484 g/mol. The molecule has 2 rings (SSSR count). The van der Waals surface area contributed by atoms with Crippen LogP contribution < -0.4 is 10.1 Å². The van der Waals surface area contributed by atoms with Crippen molar-refractivity contribution in [3.05, 3.63) is 64.5 Å². The molecule has 0 aliphatic carbocycles. The zero-order chi connectivity index (χ0) is 25.8. The first-order valence-corrected chi connectivity index (χ1v) is 12.8. The molecule has 1 aliphatic rings. The quantitative estimate of drug-likeness (QED) is 0.218. The second-order valence-corrected chi connectivity index (χ2v) is 9.21. The Hall–Kier alpha value is -2.57. The topological polar surface area (TPSA) is 71.0 Å². The van der Waals surface area contributed by atoms with Gasteiger partial charge in [-0.15, -0.1) is 0 Å². The van der Waals surface area contributed by atoms with Crippen LogP contribution in [0.3, 0.4) is 0 Å². The fourth-order valence-electron chi connectivity index (χ4n) is 4.27. The van der Waals surface area contributed by atoms with E-state index in [9.17, 15) is 4.79 Å². The van der Waals surface area contributed by atoms with Gasteiger partial charge < -0.3 is 19.9 Å². The lowest BCUT2D eigenvalue weighted by molar-refractivity contribution is 0.0698. The average Bonchev–Trinajstić information content (AvgIpc) is 2.83. The number of benzene rings is 1. The maximum Gasteiger partial charge on any atom is 0.251 e. The van der Waals surface area contributed by atoms with Crippen LogP contribution in [0.1, 0.15) is 64.7 Å². The fraction of sp³-hybridized carbons (Fsp3) is 0.552. The van der Waals surface area contributed by atoms with Crippen molar-refractivity contribution in [1.29, 1.82) is 0 Å². The van der Waals surface area contributed by atoms with Gasteiger partial charge in [-0.1, -0.05) is 18.2 Å². The van der Waals surface area contributed by atoms with E-state index in [0.29, 0.717) is 31.2 Å². The summed E-state index contributed by atoms with van der Waals surface area (Å²) in [5.74, 6) is 2.04. The molecule has 1 aliphatic heterocycles. The minimum absolute atomic E-state index is 0.0568. The maximum atomic E-state index is 12.6. The first-order chi connectivity index (χ1) is 16.8. The molecule has 1 unspecified atom stereocenters. The van der Waals surface area contributed by atoms with Crippen LogP contribution in [-0.4, -0.2) is 61.4 Å². The number of carbonyl (C=O) groups is 1. The smallest absolute Gasteiger partial charge is 0.251 e. The van der Waals surface area contributed by atoms with Gasteiger partial charge in [-0.05, 0) is 89.3 Å². The molecule has 2 N–H and O–H groups in total. The molecule has 35 heavy (non-hydrogen) atoms. The minimum Gasteiger partial charge on any atom is -0.498 e. The van der Waals surface area contributed by atoms with Crippen molar-refractivity contribution in [2.24, 2.45) is 5.92 Å². The molecule has 1 aromatic rings. The Labute approximate surface area is 211 Å². The van der Waals surface area contributed by atoms with Gasteiger partial charge in [0.25, 0.3) is 5.91 Å². The third-order valence-corrected chi connectivity index (χ3v) is 6.68. The van der Waals surface area contributed by atoms with Gasteiger partial charge in [0.2, 0.25) is 0 Å². The Morgan fingerprint density at radius 2 is 1.97 bits per heavy atom. The zero-order valence-electron chi connectivity index (χ0n) is 22.4. The molecule has 194 valence electrons. The standard InChI is InChI=1S/C29H44N2O4/c1-7-12-28(22(4)21(3)24(6)35-16-10-9-15-32)23(5)31-19-25(20-31)18-30-29(33)26-13-11-14-27(17-26)34-8-2/h7,11-14,17,23,25,32H,8-10,15-16,18-20H2,1-6H3,(H,30,33)/b12-7-,24-21+,28-22+. The number of ether oxygens (including phenoxy) is 2. The molecule has 0 spiro atoms. The van der Waals surface area contributed by atoms with Gasteiger partial charge in [0, 0.05) is 43.8 Å². The number of amides is 1. The van der Waals surface area contributed by atoms with Gasteiger partial charge in [0.15, 0.2) is 0 Å². The van der Waals surface area contributed by atoms with Gasteiger partial charge >= 0.3 is 0 Å². The molecule has 1 saturated heterocycles.